The van der Waals surface area contributed by atoms with Gasteiger partial charge >= 0.3 is 0 Å². The second-order valence-electron chi connectivity index (χ2n) is 6.16. The van der Waals surface area contributed by atoms with Crippen molar-refractivity contribution >= 4 is 21.9 Å². The summed E-state index contributed by atoms with van der Waals surface area (Å²) in [5.74, 6) is 0.590. The molecule has 1 aromatic carbocycles. The lowest BCUT2D eigenvalue weighted by Gasteiger charge is -2.36. The normalized spacial score (nSPS) is 16.1. The minimum atomic E-state index is -0.239. The van der Waals surface area contributed by atoms with Gasteiger partial charge < -0.3 is 14.7 Å². The van der Waals surface area contributed by atoms with Crippen molar-refractivity contribution in [3.63, 3.8) is 0 Å². The fraction of sp³-hybridized carbons (Fsp3) is 0.444. The van der Waals surface area contributed by atoms with E-state index in [1.54, 1.807) is 12.3 Å². The maximum absolute atomic E-state index is 14.0. The van der Waals surface area contributed by atoms with Crippen LogP contribution < -0.4 is 5.32 Å². The number of guanidine groups is 1. The molecule has 0 radical (unpaired) electrons. The number of aromatic nitrogens is 1. The summed E-state index contributed by atoms with van der Waals surface area (Å²) in [6, 6.07) is 6.97. The molecule has 140 valence electrons. The first kappa shape index (κ1) is 18.8. The maximum Gasteiger partial charge on any atom is 0.194 e. The van der Waals surface area contributed by atoms with E-state index in [0.29, 0.717) is 12.1 Å². The van der Waals surface area contributed by atoms with E-state index >= 15 is 0 Å². The molecule has 1 aliphatic rings. The monoisotopic (exact) mass is 423 g/mol. The molecule has 1 aromatic heterocycles. The van der Waals surface area contributed by atoms with Crippen molar-refractivity contribution in [1.82, 2.24) is 20.3 Å². The number of piperazine rings is 1. The molecule has 1 saturated heterocycles. The predicted octanol–water partition coefficient (Wildman–Crippen LogP) is 2.86. The molecule has 8 heteroatoms. The van der Waals surface area contributed by atoms with Gasteiger partial charge in [-0.05, 0) is 19.1 Å². The lowest BCUT2D eigenvalue weighted by molar-refractivity contribution is 0.169. The van der Waals surface area contributed by atoms with Crippen LogP contribution in [0.5, 0.6) is 0 Å². The van der Waals surface area contributed by atoms with E-state index in [1.165, 1.54) is 6.07 Å². The van der Waals surface area contributed by atoms with Crippen LogP contribution in [-0.2, 0) is 13.1 Å². The summed E-state index contributed by atoms with van der Waals surface area (Å²) >= 11 is 3.28. The summed E-state index contributed by atoms with van der Waals surface area (Å²) in [4.78, 5) is 9.19. The molecule has 0 unspecified atom stereocenters. The molecule has 1 aliphatic heterocycles. The molecule has 3 rings (SSSR count). The van der Waals surface area contributed by atoms with Crippen molar-refractivity contribution in [1.29, 1.82) is 0 Å². The average molecular weight is 424 g/mol. The Hall–Kier alpha value is -1.93. The molecule has 2 aromatic rings. The van der Waals surface area contributed by atoms with Crippen LogP contribution in [0.3, 0.4) is 0 Å². The Morgan fingerprint density at radius 1 is 1.31 bits per heavy atom. The van der Waals surface area contributed by atoms with Gasteiger partial charge in [-0.1, -0.05) is 27.2 Å². The third-order valence-corrected chi connectivity index (χ3v) is 4.79. The van der Waals surface area contributed by atoms with Crippen LogP contribution in [0.4, 0.5) is 4.39 Å². The van der Waals surface area contributed by atoms with Gasteiger partial charge in [0.15, 0.2) is 5.96 Å². The first-order valence-electron chi connectivity index (χ1n) is 8.74. The third kappa shape index (κ3) is 5.04. The highest BCUT2D eigenvalue weighted by Gasteiger charge is 2.20. The van der Waals surface area contributed by atoms with E-state index in [9.17, 15) is 4.39 Å². The summed E-state index contributed by atoms with van der Waals surface area (Å²) in [5.41, 5.74) is 1.54. The number of nitrogens with one attached hydrogen (secondary N) is 1. The fourth-order valence-corrected chi connectivity index (χ4v) is 3.23. The molecule has 0 spiro atoms. The van der Waals surface area contributed by atoms with Gasteiger partial charge in [0, 0.05) is 55.4 Å². The number of hydrogen-bond acceptors (Lipinski definition) is 4. The van der Waals surface area contributed by atoms with Gasteiger partial charge in [-0.2, -0.15) is 0 Å². The Balaban J connectivity index is 1.59. The molecular weight excluding hydrogens is 401 g/mol. The number of rotatable bonds is 5. The average Bonchev–Trinajstić information content (AvgIpc) is 3.14. The largest absolute Gasteiger partial charge is 0.364 e. The first-order chi connectivity index (χ1) is 12.7. The van der Waals surface area contributed by atoms with Crippen LogP contribution in [0.1, 0.15) is 18.2 Å². The molecule has 2 heterocycles. The van der Waals surface area contributed by atoms with Crippen molar-refractivity contribution in [2.75, 3.05) is 32.7 Å². The summed E-state index contributed by atoms with van der Waals surface area (Å²) in [6.45, 7) is 7.51. The van der Waals surface area contributed by atoms with E-state index in [4.69, 9.17) is 4.52 Å². The molecular formula is C18H23BrFN5O. The second kappa shape index (κ2) is 9.14. The van der Waals surface area contributed by atoms with Crippen molar-refractivity contribution < 1.29 is 8.91 Å². The first-order valence-corrected chi connectivity index (χ1v) is 9.54. The minimum absolute atomic E-state index is 0.239. The Morgan fingerprint density at radius 3 is 2.77 bits per heavy atom. The highest BCUT2D eigenvalue weighted by atomic mass is 79.9. The van der Waals surface area contributed by atoms with Crippen molar-refractivity contribution in [2.24, 2.45) is 4.99 Å². The van der Waals surface area contributed by atoms with Crippen LogP contribution >= 0.6 is 15.9 Å². The summed E-state index contributed by atoms with van der Waals surface area (Å²) in [5, 5.41) is 7.28. The van der Waals surface area contributed by atoms with Crippen molar-refractivity contribution in [2.45, 2.75) is 20.0 Å². The summed E-state index contributed by atoms with van der Waals surface area (Å²) in [7, 11) is 0. The SMILES string of the molecule is CCNC(=NCc1ccc(Br)cc1F)N1CCN(Cc2ccon2)CC1. The second-order valence-corrected chi connectivity index (χ2v) is 7.08. The Morgan fingerprint density at radius 2 is 2.12 bits per heavy atom. The molecule has 1 N–H and O–H groups in total. The van der Waals surface area contributed by atoms with E-state index in [1.807, 2.05) is 19.1 Å². The van der Waals surface area contributed by atoms with E-state index in [2.05, 4.69) is 41.2 Å². The van der Waals surface area contributed by atoms with Crippen LogP contribution in [0.25, 0.3) is 0 Å². The molecule has 6 nitrogen and oxygen atoms in total. The van der Waals surface area contributed by atoms with Crippen LogP contribution in [0.2, 0.25) is 0 Å². The van der Waals surface area contributed by atoms with Gasteiger partial charge in [-0.3, -0.25) is 4.90 Å². The van der Waals surface area contributed by atoms with Gasteiger partial charge in [0.05, 0.1) is 12.2 Å². The molecule has 0 bridgehead atoms. The lowest BCUT2D eigenvalue weighted by Crippen LogP contribution is -2.52. The highest BCUT2D eigenvalue weighted by molar-refractivity contribution is 9.10. The van der Waals surface area contributed by atoms with Gasteiger partial charge in [0.2, 0.25) is 0 Å². The predicted molar refractivity (Wildman–Crippen MR) is 102 cm³/mol. The van der Waals surface area contributed by atoms with E-state index in [-0.39, 0.29) is 5.82 Å². The Labute approximate surface area is 161 Å². The molecule has 26 heavy (non-hydrogen) atoms. The standard InChI is InChI=1S/C18H23BrFN5O/c1-2-21-18(22-12-14-3-4-15(19)11-17(14)20)25-8-6-24(7-9-25)13-16-5-10-26-23-16/h3-5,10-11H,2,6-9,12-13H2,1H3,(H,21,22). The number of aliphatic imine (C=N–C) groups is 1. The number of nitrogens with zero attached hydrogens (tertiary/aromatic N) is 4. The number of hydrogen-bond donors (Lipinski definition) is 1. The highest BCUT2D eigenvalue weighted by Crippen LogP contribution is 2.16. The quantitative estimate of drug-likeness (QED) is 0.591. The zero-order valence-corrected chi connectivity index (χ0v) is 16.4. The van der Waals surface area contributed by atoms with Crippen LogP contribution in [0, 0.1) is 5.82 Å². The lowest BCUT2D eigenvalue weighted by atomic mass is 10.2. The molecule has 0 amide bonds. The maximum atomic E-state index is 14.0. The number of benzene rings is 1. The Bertz CT molecular complexity index is 729. The minimum Gasteiger partial charge on any atom is -0.364 e. The number of halogens is 2. The Kier molecular flexibility index (Phi) is 6.62. The van der Waals surface area contributed by atoms with E-state index < -0.39 is 0 Å². The zero-order chi connectivity index (χ0) is 18.4. The molecule has 0 saturated carbocycles. The van der Waals surface area contributed by atoms with Crippen LogP contribution in [0.15, 0.2) is 44.5 Å². The molecule has 0 aliphatic carbocycles. The van der Waals surface area contributed by atoms with Gasteiger partial charge in [-0.25, -0.2) is 9.38 Å². The van der Waals surface area contributed by atoms with Gasteiger partial charge in [0.25, 0.3) is 0 Å². The van der Waals surface area contributed by atoms with Gasteiger partial charge in [0.1, 0.15) is 12.1 Å². The van der Waals surface area contributed by atoms with E-state index in [0.717, 1.165) is 55.4 Å². The van der Waals surface area contributed by atoms with Crippen molar-refractivity contribution in [3.8, 4) is 0 Å². The zero-order valence-electron chi connectivity index (χ0n) is 14.8. The summed E-state index contributed by atoms with van der Waals surface area (Å²) in [6.07, 6.45) is 1.60. The fourth-order valence-electron chi connectivity index (χ4n) is 2.90. The third-order valence-electron chi connectivity index (χ3n) is 4.30. The van der Waals surface area contributed by atoms with Crippen molar-refractivity contribution in [3.05, 3.63) is 52.1 Å². The molecule has 1 fully saturated rings. The summed E-state index contributed by atoms with van der Waals surface area (Å²) < 4.78 is 19.6. The smallest absolute Gasteiger partial charge is 0.194 e. The molecule has 0 atom stereocenters. The topological polar surface area (TPSA) is 56.9 Å². The van der Waals surface area contributed by atoms with Gasteiger partial charge in [-0.15, -0.1) is 0 Å². The van der Waals surface area contributed by atoms with Crippen LogP contribution in [-0.4, -0.2) is 53.6 Å².